The second-order valence-electron chi connectivity index (χ2n) is 2.64. The van der Waals surface area contributed by atoms with Gasteiger partial charge in [0.05, 0.1) is 6.61 Å². The monoisotopic (exact) mass is 246 g/mol. The van der Waals surface area contributed by atoms with Crippen molar-refractivity contribution >= 4 is 15.9 Å². The zero-order valence-corrected chi connectivity index (χ0v) is 9.10. The molecular formula is C10H12BrFO. The van der Waals surface area contributed by atoms with Crippen LogP contribution in [0.1, 0.15) is 12.5 Å². The minimum absolute atomic E-state index is 0.277. The number of hydrogen-bond acceptors (Lipinski definition) is 1. The molecule has 0 saturated heterocycles. The van der Waals surface area contributed by atoms with Crippen LogP contribution in [0.5, 0.6) is 5.75 Å². The average molecular weight is 247 g/mol. The van der Waals surface area contributed by atoms with Crippen molar-refractivity contribution in [2.45, 2.75) is 13.3 Å². The van der Waals surface area contributed by atoms with E-state index >= 15 is 0 Å². The number of halogens is 2. The summed E-state index contributed by atoms with van der Waals surface area (Å²) in [6, 6.07) is 5.08. The van der Waals surface area contributed by atoms with E-state index < -0.39 is 0 Å². The second kappa shape index (κ2) is 5.22. The summed E-state index contributed by atoms with van der Waals surface area (Å²) in [5.74, 6) is 0.0566. The van der Waals surface area contributed by atoms with Crippen LogP contribution in [0.25, 0.3) is 0 Å². The van der Waals surface area contributed by atoms with Gasteiger partial charge < -0.3 is 4.74 Å². The minimum Gasteiger partial charge on any atom is -0.491 e. The van der Waals surface area contributed by atoms with Gasteiger partial charge in [0, 0.05) is 5.33 Å². The molecular weight excluding hydrogens is 235 g/mol. The molecule has 0 bridgehead atoms. The molecule has 0 heterocycles. The maximum atomic E-state index is 13.2. The van der Waals surface area contributed by atoms with Crippen molar-refractivity contribution in [1.29, 1.82) is 0 Å². The van der Waals surface area contributed by atoms with Crippen molar-refractivity contribution in [3.63, 3.8) is 0 Å². The Morgan fingerprint density at radius 2 is 2.23 bits per heavy atom. The number of hydrogen-bond donors (Lipinski definition) is 0. The lowest BCUT2D eigenvalue weighted by Gasteiger charge is -2.05. The topological polar surface area (TPSA) is 9.23 Å². The molecule has 0 unspecified atom stereocenters. The van der Waals surface area contributed by atoms with Crippen LogP contribution < -0.4 is 4.74 Å². The van der Waals surface area contributed by atoms with Crippen LogP contribution in [0.3, 0.4) is 0 Å². The van der Waals surface area contributed by atoms with Gasteiger partial charge in [0.2, 0.25) is 0 Å². The van der Waals surface area contributed by atoms with Crippen LogP contribution in [0.15, 0.2) is 18.2 Å². The molecule has 1 aromatic rings. The van der Waals surface area contributed by atoms with E-state index in [1.54, 1.807) is 6.07 Å². The summed E-state index contributed by atoms with van der Waals surface area (Å²) in [4.78, 5) is 0. The first-order valence-electron chi connectivity index (χ1n) is 4.25. The highest BCUT2D eigenvalue weighted by atomic mass is 79.9. The quantitative estimate of drug-likeness (QED) is 0.742. The number of benzene rings is 1. The summed E-state index contributed by atoms with van der Waals surface area (Å²) >= 11 is 3.31. The van der Waals surface area contributed by atoms with Crippen LogP contribution >= 0.6 is 15.9 Å². The summed E-state index contributed by atoms with van der Waals surface area (Å²) in [6.07, 6.45) is 0.837. The van der Waals surface area contributed by atoms with E-state index in [9.17, 15) is 4.39 Å². The van der Waals surface area contributed by atoms with Crippen molar-refractivity contribution in [2.24, 2.45) is 0 Å². The highest BCUT2D eigenvalue weighted by molar-refractivity contribution is 9.09. The van der Waals surface area contributed by atoms with Gasteiger partial charge in [-0.05, 0) is 31.0 Å². The summed E-state index contributed by atoms with van der Waals surface area (Å²) in [7, 11) is 0. The van der Waals surface area contributed by atoms with Crippen LogP contribution in [-0.2, 0) is 6.42 Å². The molecule has 13 heavy (non-hydrogen) atoms. The number of alkyl halides is 1. The number of ether oxygens (including phenoxy) is 1. The highest BCUT2D eigenvalue weighted by Crippen LogP contribution is 2.18. The third-order valence-corrected chi connectivity index (χ3v) is 2.08. The van der Waals surface area contributed by atoms with Crippen molar-refractivity contribution in [3.05, 3.63) is 29.6 Å². The van der Waals surface area contributed by atoms with Gasteiger partial charge in [-0.15, -0.1) is 0 Å². The van der Waals surface area contributed by atoms with Gasteiger partial charge in [0.1, 0.15) is 0 Å². The molecule has 0 aromatic heterocycles. The average Bonchev–Trinajstić information content (AvgIpc) is 2.10. The van der Waals surface area contributed by atoms with Gasteiger partial charge in [0.25, 0.3) is 0 Å². The molecule has 0 aliphatic rings. The lowest BCUT2D eigenvalue weighted by molar-refractivity contribution is 0.321. The Kier molecular flexibility index (Phi) is 4.22. The molecule has 0 fully saturated rings. The fraction of sp³-hybridized carbons (Fsp3) is 0.400. The molecule has 0 atom stereocenters. The zero-order chi connectivity index (χ0) is 9.68. The number of aryl methyl sites for hydroxylation is 1. The van der Waals surface area contributed by atoms with Crippen LogP contribution in [0.2, 0.25) is 0 Å². The lowest BCUT2D eigenvalue weighted by atomic mass is 10.1. The fourth-order valence-electron chi connectivity index (χ4n) is 1.08. The number of rotatable bonds is 4. The molecule has 3 heteroatoms. The molecule has 0 radical (unpaired) electrons. The molecule has 1 aromatic carbocycles. The van der Waals surface area contributed by atoms with E-state index in [1.165, 1.54) is 6.07 Å². The Balaban J connectivity index is 2.79. The molecule has 0 aliphatic heterocycles. The largest absolute Gasteiger partial charge is 0.491 e. The molecule has 1 nitrogen and oxygen atoms in total. The van der Waals surface area contributed by atoms with E-state index in [-0.39, 0.29) is 5.82 Å². The third kappa shape index (κ3) is 2.99. The first kappa shape index (κ1) is 10.5. The predicted octanol–water partition coefficient (Wildman–Crippen LogP) is 3.16. The standard InChI is InChI=1S/C10H12BrFO/c1-2-13-10-4-3-8(5-6-11)7-9(10)12/h3-4,7H,2,5-6H2,1H3. The first-order valence-corrected chi connectivity index (χ1v) is 5.37. The van der Waals surface area contributed by atoms with E-state index in [2.05, 4.69) is 15.9 Å². The van der Waals surface area contributed by atoms with Crippen molar-refractivity contribution in [2.75, 3.05) is 11.9 Å². The van der Waals surface area contributed by atoms with Crippen molar-refractivity contribution in [1.82, 2.24) is 0 Å². The molecule has 0 spiro atoms. The lowest BCUT2D eigenvalue weighted by Crippen LogP contribution is -1.96. The first-order chi connectivity index (χ1) is 6.27. The Morgan fingerprint density at radius 1 is 1.46 bits per heavy atom. The fourth-order valence-corrected chi connectivity index (χ4v) is 1.54. The maximum Gasteiger partial charge on any atom is 0.165 e. The summed E-state index contributed by atoms with van der Waals surface area (Å²) < 4.78 is 18.3. The predicted molar refractivity (Wildman–Crippen MR) is 55.1 cm³/mol. The molecule has 72 valence electrons. The van der Waals surface area contributed by atoms with Crippen LogP contribution in [-0.4, -0.2) is 11.9 Å². The van der Waals surface area contributed by atoms with Gasteiger partial charge in [0.15, 0.2) is 11.6 Å². The van der Waals surface area contributed by atoms with E-state index in [1.807, 2.05) is 13.0 Å². The Morgan fingerprint density at radius 3 is 2.77 bits per heavy atom. The van der Waals surface area contributed by atoms with Gasteiger partial charge in [-0.2, -0.15) is 0 Å². The van der Waals surface area contributed by atoms with E-state index in [0.717, 1.165) is 17.3 Å². The summed E-state index contributed by atoms with van der Waals surface area (Å²) in [5.41, 5.74) is 0.984. The Hall–Kier alpha value is -0.570. The SMILES string of the molecule is CCOc1ccc(CCBr)cc1F. The molecule has 0 aliphatic carbocycles. The minimum atomic E-state index is -0.277. The van der Waals surface area contributed by atoms with Gasteiger partial charge >= 0.3 is 0 Å². The van der Waals surface area contributed by atoms with E-state index in [4.69, 9.17) is 4.74 Å². The van der Waals surface area contributed by atoms with Crippen LogP contribution in [0.4, 0.5) is 4.39 Å². The van der Waals surface area contributed by atoms with Gasteiger partial charge in [-0.3, -0.25) is 0 Å². The van der Waals surface area contributed by atoms with E-state index in [0.29, 0.717) is 12.4 Å². The second-order valence-corrected chi connectivity index (χ2v) is 3.43. The van der Waals surface area contributed by atoms with Gasteiger partial charge in [-0.1, -0.05) is 22.0 Å². The molecule has 1 rings (SSSR count). The Labute approximate surface area is 86.0 Å². The molecule has 0 N–H and O–H groups in total. The molecule has 0 amide bonds. The molecule has 0 saturated carbocycles. The smallest absolute Gasteiger partial charge is 0.165 e. The Bertz CT molecular complexity index is 276. The maximum absolute atomic E-state index is 13.2. The summed E-state index contributed by atoms with van der Waals surface area (Å²) in [6.45, 7) is 2.33. The van der Waals surface area contributed by atoms with Gasteiger partial charge in [-0.25, -0.2) is 4.39 Å². The zero-order valence-electron chi connectivity index (χ0n) is 7.52. The normalized spacial score (nSPS) is 10.1. The summed E-state index contributed by atoms with van der Waals surface area (Å²) in [5, 5.41) is 0.848. The van der Waals surface area contributed by atoms with Crippen molar-refractivity contribution in [3.8, 4) is 5.75 Å². The highest BCUT2D eigenvalue weighted by Gasteiger charge is 2.03. The van der Waals surface area contributed by atoms with Crippen LogP contribution in [0, 0.1) is 5.82 Å². The van der Waals surface area contributed by atoms with Crippen molar-refractivity contribution < 1.29 is 9.13 Å². The third-order valence-electron chi connectivity index (χ3n) is 1.68.